The summed E-state index contributed by atoms with van der Waals surface area (Å²) >= 11 is 12.1. The Morgan fingerprint density at radius 1 is 0.850 bits per heavy atom. The zero-order valence-electron chi connectivity index (χ0n) is 11.9. The Kier molecular flexibility index (Phi) is 5.51. The van der Waals surface area contributed by atoms with Crippen LogP contribution in [-0.4, -0.2) is 5.88 Å². The molecule has 0 aliphatic rings. The Morgan fingerprint density at radius 2 is 1.40 bits per heavy atom. The second-order valence-corrected chi connectivity index (χ2v) is 6.25. The van der Waals surface area contributed by atoms with Gasteiger partial charge in [0, 0.05) is 16.8 Å². The van der Waals surface area contributed by atoms with E-state index in [1.54, 1.807) is 0 Å². The molecule has 106 valence electrons. The third-order valence-electron chi connectivity index (χ3n) is 3.66. The summed E-state index contributed by atoms with van der Waals surface area (Å²) in [4.78, 5) is 0. The van der Waals surface area contributed by atoms with E-state index < -0.39 is 0 Å². The molecule has 0 aliphatic heterocycles. The van der Waals surface area contributed by atoms with E-state index in [1.807, 2.05) is 12.1 Å². The molecule has 1 unspecified atom stereocenters. The van der Waals surface area contributed by atoms with E-state index >= 15 is 0 Å². The summed E-state index contributed by atoms with van der Waals surface area (Å²) in [7, 11) is 0. The first kappa shape index (κ1) is 15.4. The van der Waals surface area contributed by atoms with Gasteiger partial charge >= 0.3 is 0 Å². The first-order valence-corrected chi connectivity index (χ1v) is 7.91. The summed E-state index contributed by atoms with van der Waals surface area (Å²) in [6.45, 7) is 4.43. The van der Waals surface area contributed by atoms with Gasteiger partial charge in [-0.15, -0.1) is 11.6 Å². The number of rotatable bonds is 5. The van der Waals surface area contributed by atoms with Crippen LogP contribution in [0, 0.1) is 0 Å². The molecule has 20 heavy (non-hydrogen) atoms. The minimum Gasteiger partial charge on any atom is -0.126 e. The lowest BCUT2D eigenvalue weighted by Crippen LogP contribution is -2.04. The predicted octanol–water partition coefficient (Wildman–Crippen LogP) is 6.03. The molecular formula is C18H20Cl2. The van der Waals surface area contributed by atoms with Gasteiger partial charge in [-0.2, -0.15) is 0 Å². The number of alkyl halides is 1. The maximum atomic E-state index is 6.14. The number of hydrogen-bond acceptors (Lipinski definition) is 0. The van der Waals surface area contributed by atoms with Crippen LogP contribution >= 0.6 is 23.2 Å². The molecule has 0 saturated carbocycles. The highest BCUT2D eigenvalue weighted by atomic mass is 35.5. The van der Waals surface area contributed by atoms with Crippen LogP contribution in [-0.2, 0) is 6.42 Å². The van der Waals surface area contributed by atoms with Crippen LogP contribution in [0.25, 0.3) is 0 Å². The quantitative estimate of drug-likeness (QED) is 0.592. The van der Waals surface area contributed by atoms with Crippen molar-refractivity contribution >= 4 is 23.2 Å². The van der Waals surface area contributed by atoms with Gasteiger partial charge in [-0.1, -0.05) is 61.8 Å². The van der Waals surface area contributed by atoms with Gasteiger partial charge in [-0.3, -0.25) is 0 Å². The van der Waals surface area contributed by atoms with Gasteiger partial charge < -0.3 is 0 Å². The Labute approximate surface area is 131 Å². The van der Waals surface area contributed by atoms with Gasteiger partial charge in [-0.05, 0) is 41.2 Å². The smallest absolute Gasteiger partial charge is 0.0406 e. The second-order valence-electron chi connectivity index (χ2n) is 5.50. The largest absolute Gasteiger partial charge is 0.126 e. The molecule has 0 aliphatic carbocycles. The Bertz CT molecular complexity index is 526. The van der Waals surface area contributed by atoms with Gasteiger partial charge in [0.05, 0.1) is 0 Å². The standard InChI is InChI=1S/C18H20Cl2/c1-13(2)15-5-3-14(4-6-15)11-17(12-19)16-7-9-18(20)10-8-16/h3-10,13,17H,11-12H2,1-2H3. The van der Waals surface area contributed by atoms with E-state index in [1.165, 1.54) is 16.7 Å². The third kappa shape index (κ3) is 4.01. The van der Waals surface area contributed by atoms with Gasteiger partial charge in [0.2, 0.25) is 0 Å². The molecule has 0 bridgehead atoms. The van der Waals surface area contributed by atoms with Crippen molar-refractivity contribution < 1.29 is 0 Å². The topological polar surface area (TPSA) is 0 Å². The first-order valence-electron chi connectivity index (χ1n) is 7.00. The zero-order valence-corrected chi connectivity index (χ0v) is 13.5. The second kappa shape index (κ2) is 7.15. The molecule has 0 aromatic heterocycles. The monoisotopic (exact) mass is 306 g/mol. The number of halogens is 2. The van der Waals surface area contributed by atoms with Crippen LogP contribution < -0.4 is 0 Å². The summed E-state index contributed by atoms with van der Waals surface area (Å²) < 4.78 is 0. The van der Waals surface area contributed by atoms with E-state index in [9.17, 15) is 0 Å². The lowest BCUT2D eigenvalue weighted by molar-refractivity contribution is 0.764. The molecule has 2 heteroatoms. The van der Waals surface area contributed by atoms with Crippen LogP contribution in [0.2, 0.25) is 5.02 Å². The molecule has 2 aromatic carbocycles. The molecule has 0 fully saturated rings. The lowest BCUT2D eigenvalue weighted by Gasteiger charge is -2.15. The normalized spacial score (nSPS) is 12.7. The van der Waals surface area contributed by atoms with Gasteiger partial charge in [-0.25, -0.2) is 0 Å². The SMILES string of the molecule is CC(C)c1ccc(CC(CCl)c2ccc(Cl)cc2)cc1. The predicted molar refractivity (Wildman–Crippen MR) is 89.1 cm³/mol. The minimum absolute atomic E-state index is 0.332. The molecule has 2 aromatic rings. The fraction of sp³-hybridized carbons (Fsp3) is 0.333. The fourth-order valence-electron chi connectivity index (χ4n) is 2.32. The van der Waals surface area contributed by atoms with Crippen molar-refractivity contribution in [2.45, 2.75) is 32.1 Å². The van der Waals surface area contributed by atoms with E-state index in [0.29, 0.717) is 17.7 Å². The van der Waals surface area contributed by atoms with Gasteiger partial charge in [0.1, 0.15) is 0 Å². The highest BCUT2D eigenvalue weighted by Crippen LogP contribution is 2.25. The summed E-state index contributed by atoms with van der Waals surface area (Å²) in [5.41, 5.74) is 3.95. The van der Waals surface area contributed by atoms with Crippen molar-refractivity contribution in [2.24, 2.45) is 0 Å². The van der Waals surface area contributed by atoms with Crippen LogP contribution in [0.1, 0.15) is 42.4 Å². The molecule has 0 heterocycles. The highest BCUT2D eigenvalue weighted by Gasteiger charge is 2.11. The molecule has 0 saturated heterocycles. The van der Waals surface area contributed by atoms with Crippen molar-refractivity contribution in [2.75, 3.05) is 5.88 Å². The summed E-state index contributed by atoms with van der Waals surface area (Å²) in [6, 6.07) is 16.8. The molecule has 0 N–H and O–H groups in total. The first-order chi connectivity index (χ1) is 9.60. The maximum Gasteiger partial charge on any atom is 0.0406 e. The van der Waals surface area contributed by atoms with Crippen molar-refractivity contribution in [1.29, 1.82) is 0 Å². The Hall–Kier alpha value is -0.980. The van der Waals surface area contributed by atoms with Crippen LogP contribution in [0.15, 0.2) is 48.5 Å². The Morgan fingerprint density at radius 3 is 1.90 bits per heavy atom. The van der Waals surface area contributed by atoms with Crippen LogP contribution in [0.3, 0.4) is 0 Å². The zero-order chi connectivity index (χ0) is 14.5. The van der Waals surface area contributed by atoms with Crippen molar-refractivity contribution in [3.05, 3.63) is 70.2 Å². The molecule has 0 nitrogen and oxygen atoms in total. The van der Waals surface area contributed by atoms with Crippen molar-refractivity contribution in [3.63, 3.8) is 0 Å². The van der Waals surface area contributed by atoms with E-state index in [4.69, 9.17) is 23.2 Å². The average molecular weight is 307 g/mol. The van der Waals surface area contributed by atoms with Crippen molar-refractivity contribution in [1.82, 2.24) is 0 Å². The summed E-state index contributed by atoms with van der Waals surface area (Å²) in [6.07, 6.45) is 0.962. The fourth-order valence-corrected chi connectivity index (χ4v) is 2.73. The van der Waals surface area contributed by atoms with Crippen LogP contribution in [0.5, 0.6) is 0 Å². The van der Waals surface area contributed by atoms with Crippen molar-refractivity contribution in [3.8, 4) is 0 Å². The van der Waals surface area contributed by atoms with Gasteiger partial charge in [0.15, 0.2) is 0 Å². The summed E-state index contributed by atoms with van der Waals surface area (Å²) in [5.74, 6) is 1.52. The molecule has 0 radical (unpaired) electrons. The summed E-state index contributed by atoms with van der Waals surface area (Å²) in [5, 5.41) is 0.767. The molecule has 0 spiro atoms. The molecule has 0 amide bonds. The number of benzene rings is 2. The highest BCUT2D eigenvalue weighted by molar-refractivity contribution is 6.30. The Balaban J connectivity index is 2.11. The van der Waals surface area contributed by atoms with Crippen LogP contribution in [0.4, 0.5) is 0 Å². The average Bonchev–Trinajstić information content (AvgIpc) is 2.46. The minimum atomic E-state index is 0.332. The molecular weight excluding hydrogens is 287 g/mol. The van der Waals surface area contributed by atoms with E-state index in [-0.39, 0.29) is 0 Å². The lowest BCUT2D eigenvalue weighted by atomic mass is 9.92. The third-order valence-corrected chi connectivity index (χ3v) is 4.28. The van der Waals surface area contributed by atoms with E-state index in [0.717, 1.165) is 11.4 Å². The molecule has 1 atom stereocenters. The molecule has 2 rings (SSSR count). The number of hydrogen-bond donors (Lipinski definition) is 0. The maximum absolute atomic E-state index is 6.14. The van der Waals surface area contributed by atoms with E-state index in [2.05, 4.69) is 50.2 Å². The van der Waals surface area contributed by atoms with Gasteiger partial charge in [0.25, 0.3) is 0 Å².